The van der Waals surface area contributed by atoms with Crippen LogP contribution in [-0.4, -0.2) is 38.3 Å². The molecule has 132 valence electrons. The Morgan fingerprint density at radius 1 is 1.28 bits per heavy atom. The number of rotatable bonds is 6. The zero-order chi connectivity index (χ0) is 18.0. The first-order valence-corrected chi connectivity index (χ1v) is 9.46. The highest BCUT2D eigenvalue weighted by molar-refractivity contribution is 8.02. The van der Waals surface area contributed by atoms with Gasteiger partial charge in [-0.15, -0.1) is 23.1 Å². The number of amides is 1. The summed E-state index contributed by atoms with van der Waals surface area (Å²) in [6, 6.07) is 7.60. The Hall–Kier alpha value is -2.19. The molecule has 3 rings (SSSR count). The van der Waals surface area contributed by atoms with Gasteiger partial charge >= 0.3 is 0 Å². The molecular formula is C17H19N3O3S2. The van der Waals surface area contributed by atoms with Crippen LogP contribution in [0.2, 0.25) is 0 Å². The van der Waals surface area contributed by atoms with E-state index in [1.165, 1.54) is 23.1 Å². The predicted molar refractivity (Wildman–Crippen MR) is 102 cm³/mol. The summed E-state index contributed by atoms with van der Waals surface area (Å²) in [5.74, 6) is 1.88. The Morgan fingerprint density at radius 3 is 2.72 bits per heavy atom. The number of nitrogens with two attached hydrogens (primary N) is 1. The van der Waals surface area contributed by atoms with Crippen LogP contribution in [0, 0.1) is 5.41 Å². The lowest BCUT2D eigenvalue weighted by Crippen LogP contribution is -2.36. The summed E-state index contributed by atoms with van der Waals surface area (Å²) >= 11 is 2.97. The van der Waals surface area contributed by atoms with E-state index in [2.05, 4.69) is 0 Å². The molecule has 25 heavy (non-hydrogen) atoms. The number of nitrogens with zero attached hydrogens (tertiary/aromatic N) is 1. The lowest BCUT2D eigenvalue weighted by atomic mass is 10.1. The molecule has 1 aromatic carbocycles. The van der Waals surface area contributed by atoms with E-state index < -0.39 is 0 Å². The second-order valence-electron chi connectivity index (χ2n) is 5.47. The van der Waals surface area contributed by atoms with E-state index in [0.717, 1.165) is 15.5 Å². The van der Waals surface area contributed by atoms with Crippen LogP contribution in [0.1, 0.15) is 10.4 Å². The highest BCUT2D eigenvalue weighted by Crippen LogP contribution is 2.42. The molecular weight excluding hydrogens is 358 g/mol. The molecule has 0 saturated heterocycles. The summed E-state index contributed by atoms with van der Waals surface area (Å²) in [5, 5.41) is 7.60. The van der Waals surface area contributed by atoms with Crippen LogP contribution < -0.4 is 20.1 Å². The second kappa shape index (κ2) is 7.37. The number of hydrogen-bond donors (Lipinski definition) is 2. The molecule has 1 aliphatic heterocycles. The minimum absolute atomic E-state index is 0.0345. The number of anilines is 1. The fraction of sp³-hybridized carbons (Fsp3) is 0.294. The van der Waals surface area contributed by atoms with Crippen LogP contribution in [0.25, 0.3) is 0 Å². The normalized spacial score (nSPS) is 13.5. The van der Waals surface area contributed by atoms with Crippen LogP contribution >= 0.6 is 23.1 Å². The Morgan fingerprint density at radius 2 is 2.04 bits per heavy atom. The molecule has 0 unspecified atom stereocenters. The van der Waals surface area contributed by atoms with Crippen molar-refractivity contribution in [2.75, 3.05) is 31.4 Å². The number of hydrogen-bond acceptors (Lipinski definition) is 6. The molecule has 0 atom stereocenters. The Labute approximate surface area is 154 Å². The number of carbonyl (C=O) groups is 1. The monoisotopic (exact) mass is 377 g/mol. The number of thioether (sulfide) groups is 1. The smallest absolute Gasteiger partial charge is 0.237 e. The fourth-order valence-corrected chi connectivity index (χ4v) is 4.81. The standard InChI is InChI=1S/C17H19N3O3S2/c1-22-12-4-3-10(7-13(12)23-2)5-6-20-11-8-14(16(18)19)25-17(11)24-9-15(20)21/h3-4,7-8H,5-6,9H2,1-2H3,(H3,18,19). The quantitative estimate of drug-likeness (QED) is 0.597. The molecule has 1 aromatic heterocycles. The van der Waals surface area contributed by atoms with Crippen molar-refractivity contribution in [1.29, 1.82) is 5.41 Å². The third-order valence-electron chi connectivity index (χ3n) is 3.94. The number of benzene rings is 1. The van der Waals surface area contributed by atoms with Gasteiger partial charge in [0.2, 0.25) is 5.91 Å². The highest BCUT2D eigenvalue weighted by Gasteiger charge is 2.27. The first-order chi connectivity index (χ1) is 12.0. The lowest BCUT2D eigenvalue weighted by molar-refractivity contribution is -0.116. The molecule has 0 saturated carbocycles. The van der Waals surface area contributed by atoms with Crippen molar-refractivity contribution in [3.05, 3.63) is 34.7 Å². The van der Waals surface area contributed by atoms with E-state index in [1.807, 2.05) is 24.3 Å². The van der Waals surface area contributed by atoms with E-state index in [-0.39, 0.29) is 11.7 Å². The zero-order valence-corrected chi connectivity index (χ0v) is 15.6. The van der Waals surface area contributed by atoms with Gasteiger partial charge in [0.15, 0.2) is 11.5 Å². The third kappa shape index (κ3) is 3.59. The average molecular weight is 377 g/mol. The number of methoxy groups -OCH3 is 2. The van der Waals surface area contributed by atoms with Gasteiger partial charge in [-0.3, -0.25) is 10.2 Å². The third-order valence-corrected chi connectivity index (χ3v) is 6.35. The van der Waals surface area contributed by atoms with Crippen LogP contribution in [0.15, 0.2) is 28.5 Å². The second-order valence-corrected chi connectivity index (χ2v) is 7.77. The number of ether oxygens (including phenoxy) is 2. The summed E-state index contributed by atoms with van der Waals surface area (Å²) < 4.78 is 11.6. The molecule has 1 amide bonds. The molecule has 0 bridgehead atoms. The maximum absolute atomic E-state index is 12.4. The van der Waals surface area contributed by atoms with E-state index in [4.69, 9.17) is 20.6 Å². The van der Waals surface area contributed by atoms with Crippen LogP contribution in [0.5, 0.6) is 11.5 Å². The van der Waals surface area contributed by atoms with E-state index in [1.54, 1.807) is 19.1 Å². The van der Waals surface area contributed by atoms with Crippen LogP contribution in [-0.2, 0) is 11.2 Å². The van der Waals surface area contributed by atoms with Crippen molar-refractivity contribution in [2.24, 2.45) is 5.73 Å². The molecule has 2 heterocycles. The largest absolute Gasteiger partial charge is 0.493 e. The first kappa shape index (κ1) is 17.6. The summed E-state index contributed by atoms with van der Waals surface area (Å²) in [6.07, 6.45) is 0.696. The summed E-state index contributed by atoms with van der Waals surface area (Å²) in [5.41, 5.74) is 7.51. The maximum atomic E-state index is 12.4. The van der Waals surface area contributed by atoms with Crippen molar-refractivity contribution in [3.8, 4) is 11.5 Å². The maximum Gasteiger partial charge on any atom is 0.237 e. The van der Waals surface area contributed by atoms with Gasteiger partial charge in [-0.2, -0.15) is 0 Å². The number of nitrogen functional groups attached to an aromatic ring is 1. The number of nitrogens with one attached hydrogen (secondary N) is 1. The van der Waals surface area contributed by atoms with E-state index in [9.17, 15) is 4.79 Å². The molecule has 0 fully saturated rings. The van der Waals surface area contributed by atoms with Gasteiger partial charge in [-0.05, 0) is 30.2 Å². The number of thiophene rings is 1. The van der Waals surface area contributed by atoms with Gasteiger partial charge in [-0.1, -0.05) is 6.07 Å². The molecule has 2 aromatic rings. The van der Waals surface area contributed by atoms with Crippen LogP contribution in [0.4, 0.5) is 5.69 Å². The molecule has 3 N–H and O–H groups in total. The van der Waals surface area contributed by atoms with Crippen molar-refractivity contribution in [1.82, 2.24) is 0 Å². The highest BCUT2D eigenvalue weighted by atomic mass is 32.2. The summed E-state index contributed by atoms with van der Waals surface area (Å²) in [7, 11) is 3.21. The van der Waals surface area contributed by atoms with Gasteiger partial charge in [0.05, 0.1) is 34.7 Å². The van der Waals surface area contributed by atoms with Gasteiger partial charge in [0, 0.05) is 6.54 Å². The zero-order valence-electron chi connectivity index (χ0n) is 14.0. The first-order valence-electron chi connectivity index (χ1n) is 7.65. The SMILES string of the molecule is COc1ccc(CCN2C(=O)CSc3sc(C(=N)N)cc32)cc1OC. The van der Waals surface area contributed by atoms with Gasteiger partial charge in [0.1, 0.15) is 5.84 Å². The van der Waals surface area contributed by atoms with E-state index >= 15 is 0 Å². The van der Waals surface area contributed by atoms with Crippen molar-refractivity contribution in [2.45, 2.75) is 10.6 Å². The van der Waals surface area contributed by atoms with Gasteiger partial charge in [-0.25, -0.2) is 0 Å². The predicted octanol–water partition coefficient (Wildman–Crippen LogP) is 2.73. The fourth-order valence-electron chi connectivity index (χ4n) is 2.65. The van der Waals surface area contributed by atoms with Gasteiger partial charge < -0.3 is 20.1 Å². The Kier molecular flexibility index (Phi) is 5.19. The van der Waals surface area contributed by atoms with Gasteiger partial charge in [0.25, 0.3) is 0 Å². The number of fused-ring (bicyclic) bond motifs is 1. The van der Waals surface area contributed by atoms with Crippen LogP contribution in [0.3, 0.4) is 0 Å². The van der Waals surface area contributed by atoms with E-state index in [0.29, 0.717) is 35.1 Å². The molecule has 6 nitrogen and oxygen atoms in total. The molecule has 1 aliphatic rings. The minimum atomic E-state index is 0.0345. The number of amidine groups is 1. The Balaban J connectivity index is 1.79. The Bertz CT molecular complexity index is 819. The van der Waals surface area contributed by atoms with Crippen molar-refractivity contribution >= 4 is 40.5 Å². The molecule has 0 aliphatic carbocycles. The molecule has 8 heteroatoms. The molecule has 0 radical (unpaired) electrons. The summed E-state index contributed by atoms with van der Waals surface area (Å²) in [6.45, 7) is 0.565. The topological polar surface area (TPSA) is 88.6 Å². The molecule has 0 spiro atoms. The van der Waals surface area contributed by atoms with Crippen molar-refractivity contribution < 1.29 is 14.3 Å². The van der Waals surface area contributed by atoms with Crippen molar-refractivity contribution in [3.63, 3.8) is 0 Å². The number of carbonyl (C=O) groups excluding carboxylic acids is 1. The average Bonchev–Trinajstić information content (AvgIpc) is 3.05. The minimum Gasteiger partial charge on any atom is -0.493 e. The lowest BCUT2D eigenvalue weighted by Gasteiger charge is -2.26. The summed E-state index contributed by atoms with van der Waals surface area (Å²) in [4.78, 5) is 14.8.